The largest absolute Gasteiger partial charge is 0.371 e. The van der Waals surface area contributed by atoms with E-state index in [4.69, 9.17) is 0 Å². The van der Waals surface area contributed by atoms with E-state index in [2.05, 4.69) is 23.7 Å². The number of piperidine rings is 1. The Balaban J connectivity index is 1.57. The Morgan fingerprint density at radius 2 is 1.67 bits per heavy atom. The standard InChI is InChI=1S/C22H28N4O3S/c1-16-12-17(2)15-25(14-16)30(28,29)19-6-4-18(5-7-19)22(27)26-11-10-24(3)20-8-9-23-13-21(20)26/h4-9,13,16-17H,10-12,14-15H2,1-3H3/t16-,17-/m0/s1. The first kappa shape index (κ1) is 20.8. The average Bonchev–Trinajstić information content (AvgIpc) is 2.73. The van der Waals surface area contributed by atoms with Crippen LogP contribution in [0.2, 0.25) is 0 Å². The van der Waals surface area contributed by atoms with Gasteiger partial charge in [-0.15, -0.1) is 0 Å². The second-order valence-electron chi connectivity index (χ2n) is 8.54. The zero-order valence-electron chi connectivity index (χ0n) is 17.7. The van der Waals surface area contributed by atoms with Gasteiger partial charge in [0.05, 0.1) is 22.5 Å². The zero-order valence-corrected chi connectivity index (χ0v) is 18.5. The molecule has 1 amide bonds. The van der Waals surface area contributed by atoms with E-state index >= 15 is 0 Å². The zero-order chi connectivity index (χ0) is 21.5. The maximum atomic E-state index is 13.1. The monoisotopic (exact) mass is 428 g/mol. The molecule has 1 aromatic heterocycles. The highest BCUT2D eigenvalue weighted by Crippen LogP contribution is 2.32. The SMILES string of the molecule is C[C@H]1C[C@H](C)CN(S(=O)(=O)c2ccc(C(=O)N3CCN(C)c4ccncc43)cc2)C1. The van der Waals surface area contributed by atoms with Gasteiger partial charge in [0, 0.05) is 45.0 Å². The fraction of sp³-hybridized carbons (Fsp3) is 0.455. The van der Waals surface area contributed by atoms with Gasteiger partial charge >= 0.3 is 0 Å². The lowest BCUT2D eigenvalue weighted by Gasteiger charge is -2.35. The van der Waals surface area contributed by atoms with Crippen LogP contribution in [0.5, 0.6) is 0 Å². The molecule has 0 saturated carbocycles. The molecular weight excluding hydrogens is 400 g/mol. The van der Waals surface area contributed by atoms with Crippen molar-refractivity contribution in [2.24, 2.45) is 11.8 Å². The molecule has 7 nitrogen and oxygen atoms in total. The van der Waals surface area contributed by atoms with Gasteiger partial charge in [0.2, 0.25) is 10.0 Å². The van der Waals surface area contributed by atoms with Crippen molar-refractivity contribution >= 4 is 27.3 Å². The van der Waals surface area contributed by atoms with Gasteiger partial charge in [-0.05, 0) is 48.6 Å². The molecule has 30 heavy (non-hydrogen) atoms. The summed E-state index contributed by atoms with van der Waals surface area (Å²) in [6.45, 7) is 6.53. The van der Waals surface area contributed by atoms with Crippen LogP contribution in [0.4, 0.5) is 11.4 Å². The minimum atomic E-state index is -3.56. The van der Waals surface area contributed by atoms with Crippen LogP contribution in [-0.2, 0) is 10.0 Å². The van der Waals surface area contributed by atoms with Gasteiger partial charge in [-0.3, -0.25) is 9.78 Å². The quantitative estimate of drug-likeness (QED) is 0.752. The van der Waals surface area contributed by atoms with Crippen molar-refractivity contribution in [3.8, 4) is 0 Å². The molecule has 2 aliphatic rings. The number of benzene rings is 1. The van der Waals surface area contributed by atoms with Crippen LogP contribution in [0.1, 0.15) is 30.6 Å². The summed E-state index contributed by atoms with van der Waals surface area (Å²) in [5.41, 5.74) is 2.19. The van der Waals surface area contributed by atoms with Crippen LogP contribution in [0, 0.1) is 11.8 Å². The Morgan fingerprint density at radius 3 is 2.33 bits per heavy atom. The third-order valence-corrected chi connectivity index (χ3v) is 7.80. The molecule has 1 saturated heterocycles. The minimum absolute atomic E-state index is 0.151. The van der Waals surface area contributed by atoms with E-state index in [0.29, 0.717) is 37.0 Å². The van der Waals surface area contributed by atoms with Crippen molar-refractivity contribution in [3.05, 3.63) is 48.3 Å². The first-order valence-corrected chi connectivity index (χ1v) is 11.8. The Labute approximate surface area is 178 Å². The highest BCUT2D eigenvalue weighted by molar-refractivity contribution is 7.89. The second-order valence-corrected chi connectivity index (χ2v) is 10.5. The van der Waals surface area contributed by atoms with E-state index in [0.717, 1.165) is 24.3 Å². The maximum Gasteiger partial charge on any atom is 0.258 e. The minimum Gasteiger partial charge on any atom is -0.371 e. The third kappa shape index (κ3) is 3.81. The molecule has 0 spiro atoms. The predicted octanol–water partition coefficient (Wildman–Crippen LogP) is 2.84. The number of fused-ring (bicyclic) bond motifs is 1. The number of hydrogen-bond donors (Lipinski definition) is 0. The lowest BCUT2D eigenvalue weighted by Crippen LogP contribution is -2.43. The van der Waals surface area contributed by atoms with Crippen molar-refractivity contribution in [1.82, 2.24) is 9.29 Å². The molecule has 0 aliphatic carbocycles. The van der Waals surface area contributed by atoms with Crippen LogP contribution >= 0.6 is 0 Å². The van der Waals surface area contributed by atoms with Crippen molar-refractivity contribution in [2.45, 2.75) is 25.2 Å². The smallest absolute Gasteiger partial charge is 0.258 e. The number of amides is 1. The number of carbonyl (C=O) groups excluding carboxylic acids is 1. The van der Waals surface area contributed by atoms with Gasteiger partial charge in [-0.25, -0.2) is 8.42 Å². The third-order valence-electron chi connectivity index (χ3n) is 5.96. The van der Waals surface area contributed by atoms with Gasteiger partial charge in [0.25, 0.3) is 5.91 Å². The van der Waals surface area contributed by atoms with Crippen LogP contribution < -0.4 is 9.80 Å². The summed E-state index contributed by atoms with van der Waals surface area (Å²) < 4.78 is 27.7. The molecule has 1 aromatic carbocycles. The summed E-state index contributed by atoms with van der Waals surface area (Å²) in [7, 11) is -1.57. The summed E-state index contributed by atoms with van der Waals surface area (Å²) >= 11 is 0. The number of anilines is 2. The van der Waals surface area contributed by atoms with Crippen LogP contribution in [0.25, 0.3) is 0 Å². The average molecular weight is 429 g/mol. The molecule has 160 valence electrons. The summed E-state index contributed by atoms with van der Waals surface area (Å²) in [4.78, 5) is 21.3. The molecule has 2 atom stereocenters. The molecule has 1 fully saturated rings. The van der Waals surface area contributed by atoms with E-state index in [1.54, 1.807) is 45.9 Å². The van der Waals surface area contributed by atoms with E-state index in [1.165, 1.54) is 0 Å². The van der Waals surface area contributed by atoms with Crippen molar-refractivity contribution in [3.63, 3.8) is 0 Å². The van der Waals surface area contributed by atoms with Gasteiger partial charge in [-0.2, -0.15) is 4.31 Å². The van der Waals surface area contributed by atoms with Crippen LogP contribution in [0.3, 0.4) is 0 Å². The Hall–Kier alpha value is -2.45. The molecule has 2 aromatic rings. The fourth-order valence-corrected chi connectivity index (χ4v) is 6.17. The molecule has 0 radical (unpaired) electrons. The van der Waals surface area contributed by atoms with Crippen LogP contribution in [0.15, 0.2) is 47.6 Å². The maximum absolute atomic E-state index is 13.1. The molecule has 2 aliphatic heterocycles. The van der Waals surface area contributed by atoms with Crippen molar-refractivity contribution in [1.29, 1.82) is 0 Å². The Bertz CT molecular complexity index is 1030. The lowest BCUT2D eigenvalue weighted by atomic mass is 9.94. The predicted molar refractivity (Wildman–Crippen MR) is 117 cm³/mol. The first-order chi connectivity index (χ1) is 14.3. The van der Waals surface area contributed by atoms with Crippen molar-refractivity contribution in [2.75, 3.05) is 43.0 Å². The molecular formula is C22H28N4O3S. The lowest BCUT2D eigenvalue weighted by molar-refractivity contribution is 0.0986. The molecule has 0 unspecified atom stereocenters. The number of carbonyl (C=O) groups is 1. The van der Waals surface area contributed by atoms with Crippen LogP contribution in [-0.4, -0.2) is 56.8 Å². The molecule has 0 bridgehead atoms. The summed E-state index contributed by atoms with van der Waals surface area (Å²) in [6, 6.07) is 8.21. The fourth-order valence-electron chi connectivity index (χ4n) is 4.49. The van der Waals surface area contributed by atoms with E-state index in [9.17, 15) is 13.2 Å². The number of sulfonamides is 1. The highest BCUT2D eigenvalue weighted by atomic mass is 32.2. The Morgan fingerprint density at radius 1 is 1.00 bits per heavy atom. The number of aromatic nitrogens is 1. The highest BCUT2D eigenvalue weighted by Gasteiger charge is 2.32. The Kier molecular flexibility index (Phi) is 5.55. The van der Waals surface area contributed by atoms with Gasteiger partial charge in [0.1, 0.15) is 0 Å². The number of likely N-dealkylation sites (N-methyl/N-ethyl adjacent to an activating group) is 1. The molecule has 4 rings (SSSR count). The van der Waals surface area contributed by atoms with E-state index < -0.39 is 10.0 Å². The van der Waals surface area contributed by atoms with Crippen molar-refractivity contribution < 1.29 is 13.2 Å². The molecule has 0 N–H and O–H groups in total. The number of pyridine rings is 1. The van der Waals surface area contributed by atoms with Gasteiger partial charge in [-0.1, -0.05) is 13.8 Å². The van der Waals surface area contributed by atoms with E-state index in [1.807, 2.05) is 13.1 Å². The van der Waals surface area contributed by atoms with Gasteiger partial charge < -0.3 is 9.80 Å². The first-order valence-electron chi connectivity index (χ1n) is 10.3. The molecule has 8 heteroatoms. The summed E-state index contributed by atoms with van der Waals surface area (Å²) in [5, 5.41) is 0. The summed E-state index contributed by atoms with van der Waals surface area (Å²) in [6.07, 6.45) is 4.45. The number of hydrogen-bond acceptors (Lipinski definition) is 5. The van der Waals surface area contributed by atoms with Gasteiger partial charge in [0.15, 0.2) is 0 Å². The normalized spacial score (nSPS) is 22.6. The number of rotatable bonds is 3. The van der Waals surface area contributed by atoms with E-state index in [-0.39, 0.29) is 10.8 Å². The molecule has 3 heterocycles. The summed E-state index contributed by atoms with van der Waals surface area (Å²) in [5.74, 6) is 0.534. The second kappa shape index (κ2) is 8.00. The topological polar surface area (TPSA) is 73.8 Å². The number of nitrogens with zero attached hydrogens (tertiary/aromatic N) is 4.